The Labute approximate surface area is 169 Å². The minimum atomic E-state index is -0.0802. The number of ether oxygens (including phenoxy) is 1. The van der Waals surface area contributed by atoms with E-state index in [-0.39, 0.29) is 11.8 Å². The van der Waals surface area contributed by atoms with E-state index in [0.29, 0.717) is 30.3 Å². The Morgan fingerprint density at radius 3 is 2.97 bits per heavy atom. The maximum Gasteiger partial charge on any atom is 0.228 e. The number of nitrogens with zero attached hydrogens (tertiary/aromatic N) is 5. The van der Waals surface area contributed by atoms with Gasteiger partial charge >= 0.3 is 0 Å². The molecule has 1 aliphatic heterocycles. The number of hydrogen-bond donors (Lipinski definition) is 1. The van der Waals surface area contributed by atoms with Crippen molar-refractivity contribution in [3.8, 4) is 11.5 Å². The number of rotatable bonds is 6. The van der Waals surface area contributed by atoms with Crippen LogP contribution in [0.15, 0.2) is 55.1 Å². The number of likely N-dealkylation sites (tertiary alicyclic amines) is 1. The molecule has 2 aromatic heterocycles. The lowest BCUT2D eigenvalue weighted by Crippen LogP contribution is -2.40. The van der Waals surface area contributed by atoms with E-state index in [4.69, 9.17) is 4.74 Å². The molecule has 1 saturated heterocycles. The average molecular weight is 392 g/mol. The van der Waals surface area contributed by atoms with Gasteiger partial charge in [0.1, 0.15) is 17.9 Å². The fraction of sp³-hybridized carbons (Fsp3) is 0.333. The first-order chi connectivity index (χ1) is 14.2. The summed E-state index contributed by atoms with van der Waals surface area (Å²) in [5.74, 6) is 2.06. The van der Waals surface area contributed by atoms with Crippen molar-refractivity contribution in [1.29, 1.82) is 0 Å². The number of benzene rings is 1. The van der Waals surface area contributed by atoms with Gasteiger partial charge in [-0.05, 0) is 43.7 Å². The summed E-state index contributed by atoms with van der Waals surface area (Å²) in [4.78, 5) is 19.3. The highest BCUT2D eigenvalue weighted by Gasteiger charge is 2.27. The second-order valence-corrected chi connectivity index (χ2v) is 7.21. The highest BCUT2D eigenvalue weighted by atomic mass is 16.5. The van der Waals surface area contributed by atoms with Crippen LogP contribution in [0.4, 0.5) is 5.69 Å². The van der Waals surface area contributed by atoms with Crippen molar-refractivity contribution in [1.82, 2.24) is 24.6 Å². The number of aryl methyl sites for hydroxylation is 1. The van der Waals surface area contributed by atoms with Gasteiger partial charge in [0.05, 0.1) is 24.3 Å². The molecule has 0 bridgehead atoms. The van der Waals surface area contributed by atoms with Crippen LogP contribution in [0, 0.1) is 5.92 Å². The molecule has 1 N–H and O–H groups in total. The molecule has 0 spiro atoms. The smallest absolute Gasteiger partial charge is 0.228 e. The van der Waals surface area contributed by atoms with Crippen molar-refractivity contribution in [3.05, 3.63) is 60.9 Å². The summed E-state index contributed by atoms with van der Waals surface area (Å²) < 4.78 is 7.81. The van der Waals surface area contributed by atoms with Crippen LogP contribution in [0.25, 0.3) is 0 Å². The second-order valence-electron chi connectivity index (χ2n) is 7.21. The minimum Gasteiger partial charge on any atom is -0.454 e. The lowest BCUT2D eigenvalue weighted by Gasteiger charge is -2.31. The Balaban J connectivity index is 1.41. The molecule has 1 amide bonds. The normalized spacial score (nSPS) is 17.1. The van der Waals surface area contributed by atoms with Gasteiger partial charge in [0.15, 0.2) is 5.75 Å². The number of hydrogen-bond acceptors (Lipinski definition) is 6. The van der Waals surface area contributed by atoms with Crippen molar-refractivity contribution < 1.29 is 9.53 Å². The number of carbonyl (C=O) groups excluding carboxylic acids is 1. The van der Waals surface area contributed by atoms with Gasteiger partial charge in [0.25, 0.3) is 0 Å². The Hall–Kier alpha value is -3.26. The van der Waals surface area contributed by atoms with Gasteiger partial charge in [-0.2, -0.15) is 0 Å². The zero-order valence-corrected chi connectivity index (χ0v) is 16.4. The molecular weight excluding hydrogens is 368 g/mol. The molecule has 0 saturated carbocycles. The van der Waals surface area contributed by atoms with Gasteiger partial charge in [-0.1, -0.05) is 12.1 Å². The summed E-state index contributed by atoms with van der Waals surface area (Å²) in [6.45, 7) is 2.35. The monoisotopic (exact) mass is 392 g/mol. The molecule has 0 radical (unpaired) electrons. The maximum atomic E-state index is 12.9. The molecule has 29 heavy (non-hydrogen) atoms. The molecule has 0 unspecified atom stereocenters. The first-order valence-electron chi connectivity index (χ1n) is 9.72. The van der Waals surface area contributed by atoms with Gasteiger partial charge < -0.3 is 14.6 Å². The highest BCUT2D eigenvalue weighted by molar-refractivity contribution is 5.94. The third-order valence-corrected chi connectivity index (χ3v) is 5.05. The van der Waals surface area contributed by atoms with Crippen molar-refractivity contribution in [2.45, 2.75) is 19.4 Å². The molecule has 1 fully saturated rings. The predicted octanol–water partition coefficient (Wildman–Crippen LogP) is 2.85. The van der Waals surface area contributed by atoms with Crippen molar-refractivity contribution in [2.75, 3.05) is 18.4 Å². The predicted molar refractivity (Wildman–Crippen MR) is 108 cm³/mol. The van der Waals surface area contributed by atoms with E-state index in [1.54, 1.807) is 18.7 Å². The van der Waals surface area contributed by atoms with E-state index in [2.05, 4.69) is 25.4 Å². The quantitative estimate of drug-likeness (QED) is 0.694. The van der Waals surface area contributed by atoms with Crippen LogP contribution < -0.4 is 10.1 Å². The van der Waals surface area contributed by atoms with Gasteiger partial charge in [-0.15, -0.1) is 10.2 Å². The number of aromatic nitrogens is 4. The molecule has 3 aromatic rings. The Bertz CT molecular complexity index is 959. The summed E-state index contributed by atoms with van der Waals surface area (Å²) in [5.41, 5.74) is 0.659. The molecule has 0 aliphatic carbocycles. The van der Waals surface area contributed by atoms with E-state index < -0.39 is 0 Å². The fourth-order valence-electron chi connectivity index (χ4n) is 3.49. The molecule has 3 heterocycles. The molecule has 1 atom stereocenters. The summed E-state index contributed by atoms with van der Waals surface area (Å²) in [7, 11) is 1.93. The second kappa shape index (κ2) is 8.83. The fourth-order valence-corrected chi connectivity index (χ4v) is 3.49. The molecule has 1 aliphatic rings. The van der Waals surface area contributed by atoms with Crippen LogP contribution in [-0.4, -0.2) is 43.6 Å². The van der Waals surface area contributed by atoms with Crippen LogP contribution in [0.3, 0.4) is 0 Å². The van der Waals surface area contributed by atoms with E-state index in [9.17, 15) is 4.79 Å². The molecular formula is C21H24N6O2. The largest absolute Gasteiger partial charge is 0.454 e. The van der Waals surface area contributed by atoms with Crippen molar-refractivity contribution in [3.63, 3.8) is 0 Å². The highest BCUT2D eigenvalue weighted by Crippen LogP contribution is 2.30. The third-order valence-electron chi connectivity index (χ3n) is 5.05. The molecule has 1 aromatic carbocycles. The number of para-hydroxylation sites is 2. The molecule has 150 valence electrons. The van der Waals surface area contributed by atoms with Crippen LogP contribution in [-0.2, 0) is 18.4 Å². The number of anilines is 1. The standard InChI is InChI=1S/C21H24N6O2/c1-26-15-23-25-20(26)14-27-11-5-6-16(13-27)21(28)24-18-8-2-3-9-19(18)29-17-7-4-10-22-12-17/h2-4,7-10,12,15-16H,5-6,11,13-14H2,1H3,(H,24,28)/t16-/m1/s1. The first-order valence-corrected chi connectivity index (χ1v) is 9.72. The zero-order valence-electron chi connectivity index (χ0n) is 16.4. The SMILES string of the molecule is Cn1cnnc1CN1CCC[C@@H](C(=O)Nc2ccccc2Oc2cccnc2)C1. The number of amides is 1. The Morgan fingerprint density at radius 1 is 1.28 bits per heavy atom. The van der Waals surface area contributed by atoms with E-state index >= 15 is 0 Å². The van der Waals surface area contributed by atoms with Gasteiger partial charge in [-0.25, -0.2) is 0 Å². The average Bonchev–Trinajstić information content (AvgIpc) is 3.15. The summed E-state index contributed by atoms with van der Waals surface area (Å²) in [6.07, 6.45) is 6.87. The summed E-state index contributed by atoms with van der Waals surface area (Å²) in [5, 5.41) is 11.1. The van der Waals surface area contributed by atoms with Crippen LogP contribution in [0.5, 0.6) is 11.5 Å². The van der Waals surface area contributed by atoms with Crippen molar-refractivity contribution >= 4 is 11.6 Å². The molecule has 4 rings (SSSR count). The number of nitrogens with one attached hydrogen (secondary N) is 1. The summed E-state index contributed by atoms with van der Waals surface area (Å²) in [6, 6.07) is 11.1. The lowest BCUT2D eigenvalue weighted by molar-refractivity contribution is -0.121. The minimum absolute atomic E-state index is 0.00917. The van der Waals surface area contributed by atoms with Crippen LogP contribution in [0.1, 0.15) is 18.7 Å². The first kappa shape index (κ1) is 19.1. The maximum absolute atomic E-state index is 12.9. The molecule has 8 heteroatoms. The number of pyridine rings is 1. The van der Waals surface area contributed by atoms with E-state index in [0.717, 1.165) is 25.2 Å². The number of carbonyl (C=O) groups is 1. The summed E-state index contributed by atoms with van der Waals surface area (Å²) >= 11 is 0. The van der Waals surface area contributed by atoms with Gasteiger partial charge in [0.2, 0.25) is 5.91 Å². The Morgan fingerprint density at radius 2 is 2.17 bits per heavy atom. The molecule has 8 nitrogen and oxygen atoms in total. The van der Waals surface area contributed by atoms with Gasteiger partial charge in [-0.3, -0.25) is 14.7 Å². The van der Waals surface area contributed by atoms with Crippen LogP contribution in [0.2, 0.25) is 0 Å². The van der Waals surface area contributed by atoms with Crippen LogP contribution >= 0.6 is 0 Å². The van der Waals surface area contributed by atoms with Crippen molar-refractivity contribution in [2.24, 2.45) is 13.0 Å². The Kier molecular flexibility index (Phi) is 5.81. The topological polar surface area (TPSA) is 85.2 Å². The lowest BCUT2D eigenvalue weighted by atomic mass is 9.97. The zero-order chi connectivity index (χ0) is 20.1. The van der Waals surface area contributed by atoms with E-state index in [1.807, 2.05) is 48.0 Å². The third kappa shape index (κ3) is 4.78. The van der Waals surface area contributed by atoms with Gasteiger partial charge in [0, 0.05) is 19.8 Å². The number of piperidine rings is 1. The van der Waals surface area contributed by atoms with E-state index in [1.165, 1.54) is 0 Å².